The first-order valence-corrected chi connectivity index (χ1v) is 7.01. The average Bonchev–Trinajstić information content (AvgIpc) is 2.61. The van der Waals surface area contributed by atoms with Gasteiger partial charge < -0.3 is 19.3 Å². The third-order valence-corrected chi connectivity index (χ3v) is 3.25. The standard InChI is InChI=1S/C17H18N2O5/c1-22-13-8-15(23-2)14(16(9-13)24-3)10-18-19-12-6-4-5-11(7-12)17(20)21/h4-10,19H,1-3H3,(H,20,21)/b18-10-. The molecule has 0 amide bonds. The van der Waals surface area contributed by atoms with E-state index in [0.717, 1.165) is 0 Å². The van der Waals surface area contributed by atoms with Crippen molar-refractivity contribution in [3.63, 3.8) is 0 Å². The van der Waals surface area contributed by atoms with E-state index in [4.69, 9.17) is 19.3 Å². The summed E-state index contributed by atoms with van der Waals surface area (Å²) in [4.78, 5) is 11.0. The first-order chi connectivity index (χ1) is 11.6. The fraction of sp³-hybridized carbons (Fsp3) is 0.176. The highest BCUT2D eigenvalue weighted by molar-refractivity contribution is 5.90. The molecule has 0 fully saturated rings. The second-order valence-corrected chi connectivity index (χ2v) is 4.70. The van der Waals surface area contributed by atoms with Crippen molar-refractivity contribution in [2.45, 2.75) is 0 Å². The Morgan fingerprint density at radius 3 is 2.29 bits per heavy atom. The van der Waals surface area contributed by atoms with Crippen molar-refractivity contribution in [3.05, 3.63) is 47.5 Å². The van der Waals surface area contributed by atoms with Crippen LogP contribution in [0.15, 0.2) is 41.5 Å². The lowest BCUT2D eigenvalue weighted by Crippen LogP contribution is -2.00. The number of methoxy groups -OCH3 is 3. The molecule has 0 aliphatic rings. The average molecular weight is 330 g/mol. The highest BCUT2D eigenvalue weighted by Gasteiger charge is 2.11. The third kappa shape index (κ3) is 3.95. The number of hydrazone groups is 1. The van der Waals surface area contributed by atoms with Crippen LogP contribution in [0.4, 0.5) is 5.69 Å². The molecule has 2 aromatic carbocycles. The topological polar surface area (TPSA) is 89.4 Å². The van der Waals surface area contributed by atoms with Crippen molar-refractivity contribution in [1.29, 1.82) is 0 Å². The molecule has 0 aromatic heterocycles. The van der Waals surface area contributed by atoms with Gasteiger partial charge in [0.1, 0.15) is 17.2 Å². The summed E-state index contributed by atoms with van der Waals surface area (Å²) in [6.45, 7) is 0. The zero-order chi connectivity index (χ0) is 17.5. The molecule has 0 saturated carbocycles. The molecule has 2 N–H and O–H groups in total. The SMILES string of the molecule is COc1cc(OC)c(/C=N\Nc2cccc(C(=O)O)c2)c(OC)c1. The maximum atomic E-state index is 11.0. The molecule has 0 radical (unpaired) electrons. The van der Waals surface area contributed by atoms with Crippen molar-refractivity contribution in [1.82, 2.24) is 0 Å². The Hall–Kier alpha value is -3.22. The summed E-state index contributed by atoms with van der Waals surface area (Å²) in [7, 11) is 4.63. The largest absolute Gasteiger partial charge is 0.496 e. The fourth-order valence-electron chi connectivity index (χ4n) is 2.05. The summed E-state index contributed by atoms with van der Waals surface area (Å²) in [5.74, 6) is 0.677. The number of carbonyl (C=O) groups is 1. The van der Waals surface area contributed by atoms with Crippen molar-refractivity contribution < 1.29 is 24.1 Å². The van der Waals surface area contributed by atoms with E-state index in [2.05, 4.69) is 10.5 Å². The molecule has 24 heavy (non-hydrogen) atoms. The molecular formula is C17H18N2O5. The highest BCUT2D eigenvalue weighted by Crippen LogP contribution is 2.32. The van der Waals surface area contributed by atoms with Gasteiger partial charge in [-0.05, 0) is 18.2 Å². The molecule has 126 valence electrons. The van der Waals surface area contributed by atoms with Gasteiger partial charge in [-0.15, -0.1) is 0 Å². The van der Waals surface area contributed by atoms with Gasteiger partial charge in [0.05, 0.1) is 44.4 Å². The van der Waals surface area contributed by atoms with Gasteiger partial charge in [-0.3, -0.25) is 5.43 Å². The summed E-state index contributed by atoms with van der Waals surface area (Å²) >= 11 is 0. The summed E-state index contributed by atoms with van der Waals surface area (Å²) in [6, 6.07) is 9.78. The Bertz CT molecular complexity index is 733. The zero-order valence-corrected chi connectivity index (χ0v) is 13.6. The van der Waals surface area contributed by atoms with Gasteiger partial charge in [0.25, 0.3) is 0 Å². The molecule has 0 atom stereocenters. The van der Waals surface area contributed by atoms with Gasteiger partial charge in [0.2, 0.25) is 0 Å². The first-order valence-electron chi connectivity index (χ1n) is 7.01. The molecule has 0 heterocycles. The van der Waals surface area contributed by atoms with Gasteiger partial charge >= 0.3 is 5.97 Å². The molecule has 0 aliphatic heterocycles. The summed E-state index contributed by atoms with van der Waals surface area (Å²) in [5.41, 5.74) is 4.14. The first kappa shape index (κ1) is 17.1. The number of nitrogens with zero attached hydrogens (tertiary/aromatic N) is 1. The van der Waals surface area contributed by atoms with Crippen LogP contribution in [0.3, 0.4) is 0 Å². The number of rotatable bonds is 7. The van der Waals surface area contributed by atoms with E-state index in [9.17, 15) is 4.79 Å². The van der Waals surface area contributed by atoms with E-state index in [1.807, 2.05) is 0 Å². The lowest BCUT2D eigenvalue weighted by atomic mass is 10.2. The van der Waals surface area contributed by atoms with Gasteiger partial charge in [-0.2, -0.15) is 5.10 Å². The van der Waals surface area contributed by atoms with E-state index in [-0.39, 0.29) is 5.56 Å². The van der Waals surface area contributed by atoms with E-state index in [1.165, 1.54) is 32.6 Å². The molecule has 0 unspecified atom stereocenters. The third-order valence-electron chi connectivity index (χ3n) is 3.25. The van der Waals surface area contributed by atoms with E-state index in [1.54, 1.807) is 31.4 Å². The van der Waals surface area contributed by atoms with Gasteiger partial charge in [-0.25, -0.2) is 4.79 Å². The molecule has 0 spiro atoms. The van der Waals surface area contributed by atoms with Gasteiger partial charge in [0, 0.05) is 12.1 Å². The van der Waals surface area contributed by atoms with E-state index >= 15 is 0 Å². The molecule has 7 heteroatoms. The number of hydrogen-bond acceptors (Lipinski definition) is 6. The van der Waals surface area contributed by atoms with Crippen LogP contribution in [-0.2, 0) is 0 Å². The number of benzene rings is 2. The van der Waals surface area contributed by atoms with E-state index < -0.39 is 5.97 Å². The minimum Gasteiger partial charge on any atom is -0.496 e. The van der Waals surface area contributed by atoms with Crippen molar-refractivity contribution in [3.8, 4) is 17.2 Å². The number of carboxylic acids is 1. The minimum absolute atomic E-state index is 0.176. The molecule has 0 bridgehead atoms. The zero-order valence-electron chi connectivity index (χ0n) is 13.6. The Labute approximate surface area is 139 Å². The Balaban J connectivity index is 2.25. The van der Waals surface area contributed by atoms with Gasteiger partial charge in [0.15, 0.2) is 0 Å². The molecule has 0 saturated heterocycles. The Morgan fingerprint density at radius 2 is 1.75 bits per heavy atom. The van der Waals surface area contributed by atoms with Crippen LogP contribution in [0.2, 0.25) is 0 Å². The Morgan fingerprint density at radius 1 is 1.08 bits per heavy atom. The lowest BCUT2D eigenvalue weighted by molar-refractivity contribution is 0.0697. The summed E-state index contributed by atoms with van der Waals surface area (Å²) in [6.07, 6.45) is 1.53. The molecular weight excluding hydrogens is 312 g/mol. The number of anilines is 1. The van der Waals surface area contributed by atoms with Crippen LogP contribution in [0, 0.1) is 0 Å². The molecule has 2 rings (SSSR count). The number of aromatic carboxylic acids is 1. The number of carboxylic acid groups (broad SMARTS) is 1. The van der Waals surface area contributed by atoms with Crippen LogP contribution >= 0.6 is 0 Å². The smallest absolute Gasteiger partial charge is 0.335 e. The van der Waals surface area contributed by atoms with E-state index in [0.29, 0.717) is 28.5 Å². The lowest BCUT2D eigenvalue weighted by Gasteiger charge is -2.12. The maximum Gasteiger partial charge on any atom is 0.335 e. The quantitative estimate of drug-likeness (QED) is 0.599. The maximum absolute atomic E-state index is 11.0. The van der Waals surface area contributed by atoms with Crippen LogP contribution in [0.25, 0.3) is 0 Å². The monoisotopic (exact) mass is 330 g/mol. The fourth-order valence-corrected chi connectivity index (χ4v) is 2.05. The predicted molar refractivity (Wildman–Crippen MR) is 90.7 cm³/mol. The number of ether oxygens (including phenoxy) is 3. The normalized spacial score (nSPS) is 10.5. The van der Waals surface area contributed by atoms with Crippen LogP contribution in [0.1, 0.15) is 15.9 Å². The van der Waals surface area contributed by atoms with Crippen molar-refractivity contribution in [2.24, 2.45) is 5.10 Å². The van der Waals surface area contributed by atoms with Crippen LogP contribution < -0.4 is 19.6 Å². The van der Waals surface area contributed by atoms with Crippen molar-refractivity contribution in [2.75, 3.05) is 26.8 Å². The summed E-state index contributed by atoms with van der Waals surface area (Å²) in [5, 5.41) is 13.1. The number of hydrogen-bond donors (Lipinski definition) is 2. The highest BCUT2D eigenvalue weighted by atomic mass is 16.5. The van der Waals surface area contributed by atoms with Crippen molar-refractivity contribution >= 4 is 17.9 Å². The molecule has 0 aliphatic carbocycles. The Kier molecular flexibility index (Phi) is 5.62. The predicted octanol–water partition coefficient (Wildman–Crippen LogP) is 2.86. The summed E-state index contributed by atoms with van der Waals surface area (Å²) < 4.78 is 15.8. The number of nitrogens with one attached hydrogen (secondary N) is 1. The van der Waals surface area contributed by atoms with Crippen LogP contribution in [-0.4, -0.2) is 38.6 Å². The minimum atomic E-state index is -0.999. The van der Waals surface area contributed by atoms with Gasteiger partial charge in [-0.1, -0.05) is 6.07 Å². The second-order valence-electron chi connectivity index (χ2n) is 4.70. The molecule has 7 nitrogen and oxygen atoms in total. The second kappa shape index (κ2) is 7.87. The van der Waals surface area contributed by atoms with Crippen LogP contribution in [0.5, 0.6) is 17.2 Å². The molecule has 2 aromatic rings.